The average molecular weight is 185 g/mol. The van der Waals surface area contributed by atoms with Gasteiger partial charge in [-0.2, -0.15) is 0 Å². The number of nitrogens with zero attached hydrogens (tertiary/aromatic N) is 1. The molecule has 0 bridgehead atoms. The lowest BCUT2D eigenvalue weighted by Gasteiger charge is -2.26. The molecular weight excluding hydrogens is 162 g/mol. The summed E-state index contributed by atoms with van der Waals surface area (Å²) in [6.45, 7) is 5.17. The molecule has 0 aromatic heterocycles. The van der Waals surface area contributed by atoms with Crippen molar-refractivity contribution in [1.82, 2.24) is 4.90 Å². The maximum atomic E-state index is 5.68. The second-order valence-corrected chi connectivity index (χ2v) is 4.60. The van der Waals surface area contributed by atoms with Gasteiger partial charge in [0.2, 0.25) is 0 Å². The Kier molecular flexibility index (Phi) is 4.20. The molecule has 0 spiro atoms. The molecular formula is C11H23NO. The monoisotopic (exact) mass is 185 g/mol. The molecule has 0 N–H and O–H groups in total. The van der Waals surface area contributed by atoms with E-state index in [1.54, 1.807) is 0 Å². The van der Waals surface area contributed by atoms with Crippen LogP contribution in [0.1, 0.15) is 33.1 Å². The van der Waals surface area contributed by atoms with Gasteiger partial charge in [0.05, 0.1) is 12.7 Å². The summed E-state index contributed by atoms with van der Waals surface area (Å²) in [4.78, 5) is 2.35. The van der Waals surface area contributed by atoms with Crippen molar-refractivity contribution in [3.05, 3.63) is 0 Å². The molecule has 0 saturated heterocycles. The molecule has 0 aliphatic heterocycles. The summed E-state index contributed by atoms with van der Waals surface area (Å²) < 4.78 is 5.68. The minimum absolute atomic E-state index is 0.378. The smallest absolute Gasteiger partial charge is 0.0519 e. The molecule has 2 atom stereocenters. The van der Waals surface area contributed by atoms with E-state index in [2.05, 4.69) is 32.8 Å². The Morgan fingerprint density at radius 3 is 2.54 bits per heavy atom. The molecule has 0 amide bonds. The van der Waals surface area contributed by atoms with Gasteiger partial charge in [-0.15, -0.1) is 0 Å². The second kappa shape index (κ2) is 4.97. The quantitative estimate of drug-likeness (QED) is 0.665. The first-order valence-corrected chi connectivity index (χ1v) is 5.39. The molecule has 1 aliphatic carbocycles. The van der Waals surface area contributed by atoms with Crippen molar-refractivity contribution in [2.45, 2.75) is 45.3 Å². The van der Waals surface area contributed by atoms with E-state index < -0.39 is 0 Å². The van der Waals surface area contributed by atoms with Crippen LogP contribution in [-0.2, 0) is 4.74 Å². The highest BCUT2D eigenvalue weighted by atomic mass is 16.5. The van der Waals surface area contributed by atoms with Crippen LogP contribution in [0.25, 0.3) is 0 Å². The van der Waals surface area contributed by atoms with Crippen LogP contribution in [0.15, 0.2) is 0 Å². The van der Waals surface area contributed by atoms with E-state index in [-0.39, 0.29) is 0 Å². The molecule has 0 heterocycles. The number of ether oxygens (including phenoxy) is 1. The van der Waals surface area contributed by atoms with Crippen molar-refractivity contribution in [1.29, 1.82) is 0 Å². The molecule has 1 rings (SSSR count). The van der Waals surface area contributed by atoms with Crippen molar-refractivity contribution in [2.75, 3.05) is 20.7 Å². The Bertz CT molecular complexity index is 145. The fourth-order valence-corrected chi connectivity index (χ4v) is 2.21. The van der Waals surface area contributed by atoms with E-state index in [1.807, 2.05) is 0 Å². The summed E-state index contributed by atoms with van der Waals surface area (Å²) in [5, 5.41) is 0. The second-order valence-electron chi connectivity index (χ2n) is 4.60. The zero-order valence-electron chi connectivity index (χ0n) is 9.42. The standard InChI is InChI=1S/C11H23NO/c1-9(2)13-8-10-6-5-7-11(10)12(3)4/h9-11H,5-8H2,1-4H3. The van der Waals surface area contributed by atoms with E-state index in [1.165, 1.54) is 19.3 Å². The van der Waals surface area contributed by atoms with Crippen molar-refractivity contribution in [3.63, 3.8) is 0 Å². The normalized spacial score (nSPS) is 29.1. The van der Waals surface area contributed by atoms with Crippen molar-refractivity contribution in [2.24, 2.45) is 5.92 Å². The van der Waals surface area contributed by atoms with Crippen LogP contribution < -0.4 is 0 Å². The zero-order chi connectivity index (χ0) is 9.84. The summed E-state index contributed by atoms with van der Waals surface area (Å²) in [6, 6.07) is 0.749. The van der Waals surface area contributed by atoms with Crippen molar-refractivity contribution >= 4 is 0 Å². The maximum absolute atomic E-state index is 5.68. The van der Waals surface area contributed by atoms with Gasteiger partial charge in [-0.1, -0.05) is 6.42 Å². The molecule has 1 fully saturated rings. The van der Waals surface area contributed by atoms with Gasteiger partial charge < -0.3 is 9.64 Å². The lowest BCUT2D eigenvalue weighted by Crippen LogP contribution is -2.34. The van der Waals surface area contributed by atoms with Gasteiger partial charge in [0.25, 0.3) is 0 Å². The number of rotatable bonds is 4. The third kappa shape index (κ3) is 3.28. The van der Waals surface area contributed by atoms with Crippen LogP contribution in [0.2, 0.25) is 0 Å². The molecule has 2 heteroatoms. The third-order valence-corrected chi connectivity index (χ3v) is 2.93. The van der Waals surface area contributed by atoms with Gasteiger partial charge in [0.15, 0.2) is 0 Å². The lowest BCUT2D eigenvalue weighted by atomic mass is 10.0. The minimum Gasteiger partial charge on any atom is -0.378 e. The Morgan fingerprint density at radius 1 is 1.31 bits per heavy atom. The zero-order valence-corrected chi connectivity index (χ0v) is 9.42. The Hall–Kier alpha value is -0.0800. The van der Waals surface area contributed by atoms with Gasteiger partial charge in [0.1, 0.15) is 0 Å². The topological polar surface area (TPSA) is 12.5 Å². The number of hydrogen-bond acceptors (Lipinski definition) is 2. The van der Waals surface area contributed by atoms with Crippen LogP contribution in [0.5, 0.6) is 0 Å². The molecule has 78 valence electrons. The first-order chi connectivity index (χ1) is 6.11. The Labute approximate surface area is 82.3 Å². The molecule has 13 heavy (non-hydrogen) atoms. The summed E-state index contributed by atoms with van der Waals surface area (Å²) in [6.07, 6.45) is 4.44. The molecule has 1 aliphatic rings. The highest BCUT2D eigenvalue weighted by Gasteiger charge is 2.28. The Balaban J connectivity index is 2.31. The summed E-state index contributed by atoms with van der Waals surface area (Å²) in [5.41, 5.74) is 0. The fourth-order valence-electron chi connectivity index (χ4n) is 2.21. The number of hydrogen-bond donors (Lipinski definition) is 0. The average Bonchev–Trinajstić information content (AvgIpc) is 2.47. The van der Waals surface area contributed by atoms with Gasteiger partial charge in [-0.3, -0.25) is 0 Å². The highest BCUT2D eigenvalue weighted by Crippen LogP contribution is 2.28. The lowest BCUT2D eigenvalue weighted by molar-refractivity contribution is 0.0349. The summed E-state index contributed by atoms with van der Waals surface area (Å²) >= 11 is 0. The van der Waals surface area contributed by atoms with E-state index in [0.29, 0.717) is 6.10 Å². The van der Waals surface area contributed by atoms with Crippen LogP contribution in [0, 0.1) is 5.92 Å². The van der Waals surface area contributed by atoms with Gasteiger partial charge in [0, 0.05) is 6.04 Å². The van der Waals surface area contributed by atoms with E-state index in [9.17, 15) is 0 Å². The molecule has 0 radical (unpaired) electrons. The SMILES string of the molecule is CC(C)OCC1CCCC1N(C)C. The largest absolute Gasteiger partial charge is 0.378 e. The molecule has 1 saturated carbocycles. The van der Waals surface area contributed by atoms with E-state index >= 15 is 0 Å². The van der Waals surface area contributed by atoms with Crippen LogP contribution in [0.3, 0.4) is 0 Å². The van der Waals surface area contributed by atoms with E-state index in [0.717, 1.165) is 18.6 Å². The maximum Gasteiger partial charge on any atom is 0.0519 e. The van der Waals surface area contributed by atoms with Crippen molar-refractivity contribution in [3.8, 4) is 0 Å². The third-order valence-electron chi connectivity index (χ3n) is 2.93. The van der Waals surface area contributed by atoms with Gasteiger partial charge >= 0.3 is 0 Å². The van der Waals surface area contributed by atoms with Crippen LogP contribution in [-0.4, -0.2) is 37.7 Å². The first-order valence-electron chi connectivity index (χ1n) is 5.39. The fraction of sp³-hybridized carbons (Fsp3) is 1.00. The minimum atomic E-state index is 0.378. The van der Waals surface area contributed by atoms with Gasteiger partial charge in [-0.05, 0) is 46.7 Å². The molecule has 2 nitrogen and oxygen atoms in total. The summed E-state index contributed by atoms with van der Waals surface area (Å²) in [7, 11) is 4.36. The predicted molar refractivity (Wildman–Crippen MR) is 55.9 cm³/mol. The van der Waals surface area contributed by atoms with Crippen LogP contribution >= 0.6 is 0 Å². The Morgan fingerprint density at radius 2 is 2.00 bits per heavy atom. The highest BCUT2D eigenvalue weighted by molar-refractivity contribution is 4.82. The molecule has 0 aromatic carbocycles. The van der Waals surface area contributed by atoms with Crippen LogP contribution in [0.4, 0.5) is 0 Å². The summed E-state index contributed by atoms with van der Waals surface area (Å²) in [5.74, 6) is 0.761. The van der Waals surface area contributed by atoms with E-state index in [4.69, 9.17) is 4.74 Å². The van der Waals surface area contributed by atoms with Gasteiger partial charge in [-0.25, -0.2) is 0 Å². The molecule has 0 aromatic rings. The van der Waals surface area contributed by atoms with Crippen molar-refractivity contribution < 1.29 is 4.74 Å². The first kappa shape index (κ1) is 11.0. The predicted octanol–water partition coefficient (Wildman–Crippen LogP) is 2.14. The molecule has 2 unspecified atom stereocenters.